The van der Waals surface area contributed by atoms with E-state index in [4.69, 9.17) is 18.9 Å². The van der Waals surface area contributed by atoms with E-state index in [-0.39, 0.29) is 6.10 Å². The molecule has 0 saturated heterocycles. The molecule has 1 unspecified atom stereocenters. The lowest BCUT2D eigenvalue weighted by Gasteiger charge is -2.20. The van der Waals surface area contributed by atoms with Crippen LogP contribution in [0.5, 0.6) is 5.75 Å². The Morgan fingerprint density at radius 2 is 1.17 bits per heavy atom. The fourth-order valence-corrected chi connectivity index (χ4v) is 4.56. The third-order valence-corrected chi connectivity index (χ3v) is 6.67. The molecule has 2 aromatic rings. The van der Waals surface area contributed by atoms with Crippen molar-refractivity contribution >= 4 is 10.8 Å². The van der Waals surface area contributed by atoms with E-state index in [9.17, 15) is 0 Å². The predicted octanol–water partition coefficient (Wildman–Crippen LogP) is 8.75. The van der Waals surface area contributed by atoms with Crippen molar-refractivity contribution < 1.29 is 18.9 Å². The molecule has 0 N–H and O–H groups in total. The van der Waals surface area contributed by atoms with Crippen LogP contribution in [0.1, 0.15) is 97.3 Å². The van der Waals surface area contributed by atoms with Gasteiger partial charge in [0, 0.05) is 12.0 Å². The summed E-state index contributed by atoms with van der Waals surface area (Å²) in [7, 11) is 0. The first-order valence-corrected chi connectivity index (χ1v) is 14.7. The Labute approximate surface area is 221 Å². The molecule has 0 radical (unpaired) electrons. The van der Waals surface area contributed by atoms with Crippen molar-refractivity contribution in [2.45, 2.75) is 103 Å². The lowest BCUT2D eigenvalue weighted by atomic mass is 10.0. The Balaban J connectivity index is 1.67. The van der Waals surface area contributed by atoms with Crippen LogP contribution in [0.4, 0.5) is 0 Å². The largest absolute Gasteiger partial charge is 0.487 e. The Bertz CT molecular complexity index is 757. The zero-order valence-corrected chi connectivity index (χ0v) is 23.2. The van der Waals surface area contributed by atoms with Crippen LogP contribution in [-0.4, -0.2) is 45.7 Å². The molecular formula is C32H52O4. The minimum Gasteiger partial charge on any atom is -0.487 e. The summed E-state index contributed by atoms with van der Waals surface area (Å²) in [5.41, 5.74) is 0. The summed E-state index contributed by atoms with van der Waals surface area (Å²) in [5, 5.41) is 2.38. The van der Waals surface area contributed by atoms with Crippen LogP contribution in [0.25, 0.3) is 10.8 Å². The van der Waals surface area contributed by atoms with E-state index in [0.717, 1.165) is 18.8 Å². The molecule has 2 rings (SSSR count). The van der Waals surface area contributed by atoms with Gasteiger partial charge in [-0.2, -0.15) is 0 Å². The fourth-order valence-electron chi connectivity index (χ4n) is 4.56. The Kier molecular flexibility index (Phi) is 18.2. The van der Waals surface area contributed by atoms with Gasteiger partial charge in [0.05, 0.1) is 33.0 Å². The highest BCUT2D eigenvalue weighted by Crippen LogP contribution is 2.27. The van der Waals surface area contributed by atoms with Crippen molar-refractivity contribution in [3.05, 3.63) is 42.5 Å². The second-order valence-electron chi connectivity index (χ2n) is 9.78. The second-order valence-corrected chi connectivity index (χ2v) is 9.78. The van der Waals surface area contributed by atoms with E-state index >= 15 is 0 Å². The molecule has 0 bridgehead atoms. The van der Waals surface area contributed by atoms with E-state index in [2.05, 4.69) is 49.4 Å². The highest BCUT2D eigenvalue weighted by Gasteiger charge is 2.13. The van der Waals surface area contributed by atoms with Crippen LogP contribution in [0.2, 0.25) is 0 Å². The highest BCUT2D eigenvalue weighted by atomic mass is 16.6. The summed E-state index contributed by atoms with van der Waals surface area (Å²) < 4.78 is 23.3. The van der Waals surface area contributed by atoms with Gasteiger partial charge in [-0.05, 0) is 31.2 Å². The standard InChI is InChI=1S/C32H52O4/c1-3-5-6-7-8-9-10-11-12-13-14-15-21-30(28-35-27-26-34-25-24-33-4-2)36-32-23-18-20-29-19-16-17-22-31(29)32/h16-20,22-23,30H,3-15,21,24-28H2,1-2H3. The van der Waals surface area contributed by atoms with Crippen LogP contribution < -0.4 is 4.74 Å². The second kappa shape index (κ2) is 21.5. The maximum absolute atomic E-state index is 6.50. The van der Waals surface area contributed by atoms with Crippen molar-refractivity contribution in [1.82, 2.24) is 0 Å². The highest BCUT2D eigenvalue weighted by molar-refractivity contribution is 5.88. The van der Waals surface area contributed by atoms with Gasteiger partial charge in [0.1, 0.15) is 11.9 Å². The molecule has 4 nitrogen and oxygen atoms in total. The van der Waals surface area contributed by atoms with E-state index < -0.39 is 0 Å². The number of hydrogen-bond donors (Lipinski definition) is 0. The van der Waals surface area contributed by atoms with Gasteiger partial charge >= 0.3 is 0 Å². The zero-order valence-electron chi connectivity index (χ0n) is 23.2. The van der Waals surface area contributed by atoms with Crippen LogP contribution in [0.3, 0.4) is 0 Å². The van der Waals surface area contributed by atoms with Gasteiger partial charge in [0.15, 0.2) is 0 Å². The van der Waals surface area contributed by atoms with E-state index in [1.165, 1.54) is 87.8 Å². The quantitative estimate of drug-likeness (QED) is 0.135. The average molecular weight is 501 g/mol. The van der Waals surface area contributed by atoms with E-state index in [0.29, 0.717) is 33.0 Å². The average Bonchev–Trinajstić information content (AvgIpc) is 2.90. The summed E-state index contributed by atoms with van der Waals surface area (Å²) >= 11 is 0. The van der Waals surface area contributed by atoms with E-state index in [1.807, 2.05) is 6.92 Å². The molecule has 36 heavy (non-hydrogen) atoms. The molecule has 0 fully saturated rings. The van der Waals surface area contributed by atoms with Gasteiger partial charge in [-0.25, -0.2) is 0 Å². The molecule has 0 spiro atoms. The topological polar surface area (TPSA) is 36.9 Å². The van der Waals surface area contributed by atoms with E-state index in [1.54, 1.807) is 0 Å². The minimum atomic E-state index is 0.0577. The molecule has 0 aromatic heterocycles. The molecule has 0 aliphatic carbocycles. The molecule has 0 amide bonds. The number of fused-ring (bicyclic) bond motifs is 1. The van der Waals surface area contributed by atoms with Gasteiger partial charge < -0.3 is 18.9 Å². The van der Waals surface area contributed by atoms with Gasteiger partial charge in [-0.15, -0.1) is 0 Å². The first kappa shape index (κ1) is 30.6. The maximum atomic E-state index is 6.50. The smallest absolute Gasteiger partial charge is 0.127 e. The van der Waals surface area contributed by atoms with Gasteiger partial charge in [0.25, 0.3) is 0 Å². The van der Waals surface area contributed by atoms with Crippen LogP contribution in [0.15, 0.2) is 42.5 Å². The summed E-state index contributed by atoms with van der Waals surface area (Å²) in [6, 6.07) is 14.7. The summed E-state index contributed by atoms with van der Waals surface area (Å²) in [4.78, 5) is 0. The molecule has 4 heteroatoms. The molecule has 2 aromatic carbocycles. The SMILES string of the molecule is CCCCCCCCCCCCCCC(COCCOCCOCC)Oc1cccc2ccccc12. The summed E-state index contributed by atoms with van der Waals surface area (Å²) in [6.07, 6.45) is 17.4. The van der Waals surface area contributed by atoms with Crippen molar-refractivity contribution in [1.29, 1.82) is 0 Å². The number of benzene rings is 2. The minimum absolute atomic E-state index is 0.0577. The summed E-state index contributed by atoms with van der Waals surface area (Å²) in [6.45, 7) is 8.03. The molecule has 0 aliphatic heterocycles. The number of rotatable bonds is 24. The number of hydrogen-bond acceptors (Lipinski definition) is 4. The Morgan fingerprint density at radius 3 is 1.86 bits per heavy atom. The Hall–Kier alpha value is -1.62. The molecular weight excluding hydrogens is 448 g/mol. The number of ether oxygens (including phenoxy) is 4. The van der Waals surface area contributed by atoms with Crippen LogP contribution >= 0.6 is 0 Å². The van der Waals surface area contributed by atoms with Crippen LogP contribution in [-0.2, 0) is 14.2 Å². The first-order chi connectivity index (χ1) is 17.8. The third-order valence-electron chi connectivity index (χ3n) is 6.67. The molecule has 0 heterocycles. The van der Waals surface area contributed by atoms with Crippen LogP contribution in [0, 0.1) is 0 Å². The fraction of sp³-hybridized carbons (Fsp3) is 0.688. The first-order valence-electron chi connectivity index (χ1n) is 14.7. The summed E-state index contributed by atoms with van der Waals surface area (Å²) in [5.74, 6) is 0.952. The van der Waals surface area contributed by atoms with Crippen molar-refractivity contribution in [3.63, 3.8) is 0 Å². The monoisotopic (exact) mass is 500 g/mol. The van der Waals surface area contributed by atoms with Gasteiger partial charge in [-0.3, -0.25) is 0 Å². The molecule has 204 valence electrons. The molecule has 1 atom stereocenters. The predicted molar refractivity (Wildman–Crippen MR) is 152 cm³/mol. The molecule has 0 saturated carbocycles. The van der Waals surface area contributed by atoms with Gasteiger partial charge in [0.2, 0.25) is 0 Å². The Morgan fingerprint density at radius 1 is 0.583 bits per heavy atom. The number of unbranched alkanes of at least 4 members (excludes halogenated alkanes) is 11. The lowest BCUT2D eigenvalue weighted by molar-refractivity contribution is -0.00489. The van der Waals surface area contributed by atoms with Crippen molar-refractivity contribution in [2.75, 3.05) is 39.6 Å². The van der Waals surface area contributed by atoms with Gasteiger partial charge in [-0.1, -0.05) is 114 Å². The maximum Gasteiger partial charge on any atom is 0.127 e. The lowest BCUT2D eigenvalue weighted by Crippen LogP contribution is -2.24. The van der Waals surface area contributed by atoms with Crippen molar-refractivity contribution in [3.8, 4) is 5.75 Å². The molecule has 0 aliphatic rings. The van der Waals surface area contributed by atoms with Crippen molar-refractivity contribution in [2.24, 2.45) is 0 Å². The third kappa shape index (κ3) is 14.2. The normalized spacial score (nSPS) is 12.3. The zero-order chi connectivity index (χ0) is 25.5.